The van der Waals surface area contributed by atoms with Crippen LogP contribution in [0.15, 0.2) is 11.8 Å². The maximum Gasteiger partial charge on any atom is 0.0978 e. The molecule has 0 aromatic heterocycles. The highest BCUT2D eigenvalue weighted by Crippen LogP contribution is 2.20. The minimum Gasteiger partial charge on any atom is -0.498 e. The van der Waals surface area contributed by atoms with Crippen molar-refractivity contribution in [2.75, 3.05) is 0 Å². The predicted octanol–water partition coefficient (Wildman–Crippen LogP) is 8.72. The molecule has 0 aromatic rings. The molecule has 0 atom stereocenters. The van der Waals surface area contributed by atoms with Crippen LogP contribution in [-0.2, 0) is 4.74 Å². The molecule has 25 heavy (non-hydrogen) atoms. The van der Waals surface area contributed by atoms with E-state index in [4.69, 9.17) is 4.74 Å². The average molecular weight is 351 g/mol. The maximum absolute atomic E-state index is 6.20. The first-order valence-corrected chi connectivity index (χ1v) is 11.6. The van der Waals surface area contributed by atoms with Gasteiger partial charge in [-0.05, 0) is 51.0 Å². The quantitative estimate of drug-likeness (QED) is 0.283. The number of hydrogen-bond acceptors (Lipinski definition) is 1. The van der Waals surface area contributed by atoms with Gasteiger partial charge in [-0.15, -0.1) is 0 Å². The molecule has 0 unspecified atom stereocenters. The summed E-state index contributed by atoms with van der Waals surface area (Å²) in [7, 11) is 0. The molecule has 1 aliphatic rings. The molecule has 0 saturated heterocycles. The Balaban J connectivity index is 2.15. The van der Waals surface area contributed by atoms with E-state index in [1.54, 1.807) is 0 Å². The van der Waals surface area contributed by atoms with Gasteiger partial charge in [-0.1, -0.05) is 90.4 Å². The highest BCUT2D eigenvalue weighted by Gasteiger charge is 2.09. The van der Waals surface area contributed by atoms with E-state index in [0.29, 0.717) is 6.10 Å². The van der Waals surface area contributed by atoms with Gasteiger partial charge in [-0.3, -0.25) is 0 Å². The molecular weight excluding hydrogens is 304 g/mol. The molecule has 0 aliphatic heterocycles. The minimum atomic E-state index is 0.475. The van der Waals surface area contributed by atoms with Gasteiger partial charge in [0.1, 0.15) is 0 Å². The van der Waals surface area contributed by atoms with E-state index < -0.39 is 0 Å². The number of unbranched alkanes of at least 4 members (excludes halogenated alkanes) is 6. The monoisotopic (exact) mass is 350 g/mol. The van der Waals surface area contributed by atoms with Crippen LogP contribution in [0.4, 0.5) is 0 Å². The lowest BCUT2D eigenvalue weighted by atomic mass is 9.99. The molecule has 0 radical (unpaired) electrons. The van der Waals surface area contributed by atoms with Crippen molar-refractivity contribution in [3.05, 3.63) is 11.8 Å². The number of hydrogen-bond donors (Lipinski definition) is 0. The highest BCUT2D eigenvalue weighted by molar-refractivity contribution is 4.93. The summed E-state index contributed by atoms with van der Waals surface area (Å²) in [6.45, 7) is 4.54. The van der Waals surface area contributed by atoms with Crippen molar-refractivity contribution in [2.24, 2.45) is 0 Å². The van der Waals surface area contributed by atoms with Gasteiger partial charge >= 0.3 is 0 Å². The lowest BCUT2D eigenvalue weighted by Crippen LogP contribution is -2.10. The molecule has 1 saturated carbocycles. The Morgan fingerprint density at radius 1 is 0.720 bits per heavy atom. The van der Waals surface area contributed by atoms with Gasteiger partial charge < -0.3 is 4.74 Å². The standard InChI is InChI=1S/C24H46O/c1-3-4-5-6-10-13-16-19-23(2)22-25-24-20-17-14-11-8-7-9-12-15-18-21-24/h22,24H,3-21H2,1-2H3. The summed E-state index contributed by atoms with van der Waals surface area (Å²) in [5, 5.41) is 0. The summed E-state index contributed by atoms with van der Waals surface area (Å²) in [4.78, 5) is 0. The van der Waals surface area contributed by atoms with Crippen molar-refractivity contribution in [2.45, 2.75) is 142 Å². The fourth-order valence-electron chi connectivity index (χ4n) is 3.89. The summed E-state index contributed by atoms with van der Waals surface area (Å²) in [5.74, 6) is 0. The van der Waals surface area contributed by atoms with E-state index in [9.17, 15) is 0 Å². The van der Waals surface area contributed by atoms with Gasteiger partial charge in [-0.25, -0.2) is 0 Å². The van der Waals surface area contributed by atoms with Gasteiger partial charge in [0.25, 0.3) is 0 Å². The van der Waals surface area contributed by atoms with E-state index in [1.165, 1.54) is 128 Å². The Morgan fingerprint density at radius 2 is 1.20 bits per heavy atom. The molecule has 1 rings (SSSR count). The Hall–Kier alpha value is -0.460. The molecule has 0 bridgehead atoms. The molecule has 0 spiro atoms. The van der Waals surface area contributed by atoms with Crippen LogP contribution in [0.2, 0.25) is 0 Å². The summed E-state index contributed by atoms with van der Waals surface area (Å²) >= 11 is 0. The smallest absolute Gasteiger partial charge is 0.0978 e. The lowest BCUT2D eigenvalue weighted by molar-refractivity contribution is 0.118. The van der Waals surface area contributed by atoms with Crippen LogP contribution >= 0.6 is 0 Å². The van der Waals surface area contributed by atoms with Crippen LogP contribution in [0.1, 0.15) is 136 Å². The van der Waals surface area contributed by atoms with E-state index in [2.05, 4.69) is 20.1 Å². The molecule has 1 nitrogen and oxygen atoms in total. The maximum atomic E-state index is 6.20. The van der Waals surface area contributed by atoms with Crippen molar-refractivity contribution < 1.29 is 4.74 Å². The molecule has 0 amide bonds. The average Bonchev–Trinajstić information content (AvgIpc) is 2.60. The van der Waals surface area contributed by atoms with Crippen LogP contribution in [0.3, 0.4) is 0 Å². The predicted molar refractivity (Wildman–Crippen MR) is 112 cm³/mol. The van der Waals surface area contributed by atoms with Crippen molar-refractivity contribution >= 4 is 0 Å². The first-order chi connectivity index (χ1) is 12.3. The van der Waals surface area contributed by atoms with Crippen molar-refractivity contribution in [3.63, 3.8) is 0 Å². The second-order valence-electron chi connectivity index (χ2n) is 8.35. The molecule has 0 N–H and O–H groups in total. The van der Waals surface area contributed by atoms with Gasteiger partial charge in [0.15, 0.2) is 0 Å². The van der Waals surface area contributed by atoms with E-state index in [0.717, 1.165) is 0 Å². The Labute approximate surface area is 159 Å². The Morgan fingerprint density at radius 3 is 1.76 bits per heavy atom. The van der Waals surface area contributed by atoms with Crippen molar-refractivity contribution in [1.82, 2.24) is 0 Å². The summed E-state index contributed by atoms with van der Waals surface area (Å²) in [5.41, 5.74) is 1.44. The van der Waals surface area contributed by atoms with E-state index in [-0.39, 0.29) is 0 Å². The second-order valence-corrected chi connectivity index (χ2v) is 8.35. The third-order valence-corrected chi connectivity index (χ3v) is 5.69. The minimum absolute atomic E-state index is 0.475. The number of ether oxygens (including phenoxy) is 1. The summed E-state index contributed by atoms with van der Waals surface area (Å²) in [6.07, 6.45) is 28.8. The second kappa shape index (κ2) is 17.0. The van der Waals surface area contributed by atoms with Crippen LogP contribution < -0.4 is 0 Å². The van der Waals surface area contributed by atoms with Gasteiger partial charge in [-0.2, -0.15) is 0 Å². The van der Waals surface area contributed by atoms with Crippen LogP contribution in [0.5, 0.6) is 0 Å². The largest absolute Gasteiger partial charge is 0.498 e. The topological polar surface area (TPSA) is 9.23 Å². The molecule has 0 heterocycles. The molecule has 1 fully saturated rings. The van der Waals surface area contributed by atoms with E-state index in [1.807, 2.05) is 0 Å². The normalized spacial score (nSPS) is 19.2. The van der Waals surface area contributed by atoms with E-state index >= 15 is 0 Å². The van der Waals surface area contributed by atoms with Gasteiger partial charge in [0.05, 0.1) is 12.4 Å². The summed E-state index contributed by atoms with van der Waals surface area (Å²) < 4.78 is 6.20. The number of allylic oxidation sites excluding steroid dienone is 1. The third kappa shape index (κ3) is 14.4. The molecule has 1 heteroatoms. The molecular formula is C24H46O. The van der Waals surface area contributed by atoms with Gasteiger partial charge in [0.2, 0.25) is 0 Å². The van der Waals surface area contributed by atoms with Crippen molar-refractivity contribution in [3.8, 4) is 0 Å². The molecule has 148 valence electrons. The fraction of sp³-hybridized carbons (Fsp3) is 0.917. The lowest BCUT2D eigenvalue weighted by Gasteiger charge is -2.18. The Kier molecular flexibility index (Phi) is 15.3. The van der Waals surface area contributed by atoms with Crippen LogP contribution in [-0.4, -0.2) is 6.10 Å². The SMILES string of the molecule is CCCCCCCCCC(C)=COC1CCCCCCCCCCC1. The first kappa shape index (κ1) is 22.6. The molecule has 0 aromatic carbocycles. The van der Waals surface area contributed by atoms with Crippen molar-refractivity contribution in [1.29, 1.82) is 0 Å². The third-order valence-electron chi connectivity index (χ3n) is 5.69. The fourth-order valence-corrected chi connectivity index (χ4v) is 3.89. The zero-order chi connectivity index (χ0) is 18.0. The molecule has 1 aliphatic carbocycles. The zero-order valence-electron chi connectivity index (χ0n) is 17.5. The first-order valence-electron chi connectivity index (χ1n) is 11.6. The summed E-state index contributed by atoms with van der Waals surface area (Å²) in [6, 6.07) is 0. The van der Waals surface area contributed by atoms with Gasteiger partial charge in [0, 0.05) is 0 Å². The number of rotatable bonds is 10. The zero-order valence-corrected chi connectivity index (χ0v) is 17.5. The highest BCUT2D eigenvalue weighted by atomic mass is 16.5. The van der Waals surface area contributed by atoms with Crippen LogP contribution in [0.25, 0.3) is 0 Å². The Bertz CT molecular complexity index is 295. The van der Waals surface area contributed by atoms with Crippen LogP contribution in [0, 0.1) is 0 Å².